The van der Waals surface area contributed by atoms with Crippen LogP contribution in [0.15, 0.2) is 30.5 Å². The number of carbonyl (C=O) groups excluding carboxylic acids is 1. The first kappa shape index (κ1) is 12.7. The molecular formula is C15H18N4O. The van der Waals surface area contributed by atoms with Gasteiger partial charge in [0, 0.05) is 30.5 Å². The van der Waals surface area contributed by atoms with Crippen LogP contribution in [0.4, 0.5) is 17.3 Å². The van der Waals surface area contributed by atoms with Crippen molar-refractivity contribution < 1.29 is 4.79 Å². The molecule has 104 valence electrons. The van der Waals surface area contributed by atoms with Crippen LogP contribution < -0.4 is 10.6 Å². The van der Waals surface area contributed by atoms with Gasteiger partial charge in [-0.25, -0.2) is 4.98 Å². The second-order valence-electron chi connectivity index (χ2n) is 5.23. The highest BCUT2D eigenvalue weighted by Crippen LogP contribution is 2.38. The average Bonchev–Trinajstić information content (AvgIpc) is 3.14. The zero-order valence-corrected chi connectivity index (χ0v) is 11.7. The number of hydrogen-bond donors (Lipinski definition) is 2. The van der Waals surface area contributed by atoms with Crippen molar-refractivity contribution in [1.82, 2.24) is 9.55 Å². The van der Waals surface area contributed by atoms with Gasteiger partial charge in [-0.05, 0) is 38.0 Å². The molecule has 0 atom stereocenters. The van der Waals surface area contributed by atoms with Gasteiger partial charge in [0.1, 0.15) is 0 Å². The van der Waals surface area contributed by atoms with E-state index in [0.717, 1.165) is 23.0 Å². The quantitative estimate of drug-likeness (QED) is 0.896. The first-order valence-electron chi connectivity index (χ1n) is 6.82. The van der Waals surface area contributed by atoms with E-state index in [1.54, 1.807) is 0 Å². The summed E-state index contributed by atoms with van der Waals surface area (Å²) in [5, 5.41) is 6.11. The largest absolute Gasteiger partial charge is 0.326 e. The lowest BCUT2D eigenvalue weighted by molar-refractivity contribution is -0.114. The third kappa shape index (κ3) is 2.82. The van der Waals surface area contributed by atoms with Crippen LogP contribution in [0.1, 0.15) is 31.5 Å². The molecule has 1 aliphatic carbocycles. The number of aromatic nitrogens is 2. The molecule has 3 rings (SSSR count). The minimum atomic E-state index is -0.0718. The molecule has 20 heavy (non-hydrogen) atoms. The van der Waals surface area contributed by atoms with Gasteiger partial charge in [0.25, 0.3) is 0 Å². The molecule has 0 radical (unpaired) electrons. The van der Waals surface area contributed by atoms with Crippen molar-refractivity contribution in [3.8, 4) is 0 Å². The lowest BCUT2D eigenvalue weighted by Gasteiger charge is -2.10. The summed E-state index contributed by atoms with van der Waals surface area (Å²) in [5.74, 6) is 0.794. The van der Waals surface area contributed by atoms with Gasteiger partial charge >= 0.3 is 0 Å². The third-order valence-electron chi connectivity index (χ3n) is 3.23. The van der Waals surface area contributed by atoms with Gasteiger partial charge in [-0.15, -0.1) is 0 Å². The van der Waals surface area contributed by atoms with E-state index < -0.39 is 0 Å². The van der Waals surface area contributed by atoms with E-state index in [0.29, 0.717) is 6.04 Å². The van der Waals surface area contributed by atoms with Gasteiger partial charge in [0.2, 0.25) is 11.9 Å². The van der Waals surface area contributed by atoms with Crippen LogP contribution in [0.5, 0.6) is 0 Å². The molecule has 5 nitrogen and oxygen atoms in total. The van der Waals surface area contributed by atoms with Crippen LogP contribution in [-0.4, -0.2) is 15.5 Å². The Hall–Kier alpha value is -2.30. The normalized spacial score (nSPS) is 14.1. The standard InChI is InChI=1S/C15H18N4O/c1-10-9-19(14-6-7-14)15(16-10)18-13-5-3-4-12(8-13)17-11(2)20/h3-5,8-9,14H,6-7H2,1-2H3,(H,16,18)(H,17,20). The minimum absolute atomic E-state index is 0.0718. The Bertz CT molecular complexity index is 643. The van der Waals surface area contributed by atoms with Crippen molar-refractivity contribution in [2.75, 3.05) is 10.6 Å². The molecule has 2 aromatic rings. The van der Waals surface area contributed by atoms with E-state index in [-0.39, 0.29) is 5.91 Å². The van der Waals surface area contributed by atoms with Gasteiger partial charge < -0.3 is 15.2 Å². The van der Waals surface area contributed by atoms with Crippen molar-refractivity contribution in [1.29, 1.82) is 0 Å². The predicted octanol–water partition coefficient (Wildman–Crippen LogP) is 3.23. The monoisotopic (exact) mass is 270 g/mol. The fourth-order valence-corrected chi connectivity index (χ4v) is 2.25. The fourth-order valence-electron chi connectivity index (χ4n) is 2.25. The lowest BCUT2D eigenvalue weighted by atomic mass is 10.3. The zero-order valence-electron chi connectivity index (χ0n) is 11.7. The molecule has 1 fully saturated rings. The van der Waals surface area contributed by atoms with Gasteiger partial charge in [-0.2, -0.15) is 0 Å². The Morgan fingerprint density at radius 2 is 2.10 bits per heavy atom. The van der Waals surface area contributed by atoms with Crippen molar-refractivity contribution in [2.24, 2.45) is 0 Å². The summed E-state index contributed by atoms with van der Waals surface area (Å²) in [6.45, 7) is 3.50. The average molecular weight is 270 g/mol. The Labute approximate surface area is 118 Å². The first-order valence-corrected chi connectivity index (χ1v) is 6.82. The van der Waals surface area contributed by atoms with E-state index in [4.69, 9.17) is 0 Å². The SMILES string of the molecule is CC(=O)Nc1cccc(Nc2nc(C)cn2C2CC2)c1. The summed E-state index contributed by atoms with van der Waals surface area (Å²) < 4.78 is 2.19. The van der Waals surface area contributed by atoms with Crippen LogP contribution in [0.2, 0.25) is 0 Å². The Morgan fingerprint density at radius 3 is 2.80 bits per heavy atom. The zero-order chi connectivity index (χ0) is 14.1. The van der Waals surface area contributed by atoms with Crippen molar-refractivity contribution in [2.45, 2.75) is 32.7 Å². The van der Waals surface area contributed by atoms with E-state index in [9.17, 15) is 4.79 Å². The maximum atomic E-state index is 11.1. The molecule has 0 bridgehead atoms. The fraction of sp³-hybridized carbons (Fsp3) is 0.333. The summed E-state index contributed by atoms with van der Waals surface area (Å²) in [7, 11) is 0. The maximum Gasteiger partial charge on any atom is 0.221 e. The number of carbonyl (C=O) groups is 1. The van der Waals surface area contributed by atoms with E-state index >= 15 is 0 Å². The smallest absolute Gasteiger partial charge is 0.221 e. The van der Waals surface area contributed by atoms with Crippen LogP contribution in [-0.2, 0) is 4.79 Å². The molecule has 0 unspecified atom stereocenters. The molecule has 1 heterocycles. The number of amides is 1. The summed E-state index contributed by atoms with van der Waals surface area (Å²) in [6, 6.07) is 8.22. The number of hydrogen-bond acceptors (Lipinski definition) is 3. The number of anilines is 3. The highest BCUT2D eigenvalue weighted by molar-refractivity contribution is 5.89. The number of rotatable bonds is 4. The number of nitrogens with one attached hydrogen (secondary N) is 2. The highest BCUT2D eigenvalue weighted by Gasteiger charge is 2.26. The molecule has 1 aliphatic rings. The highest BCUT2D eigenvalue weighted by atomic mass is 16.1. The van der Waals surface area contributed by atoms with E-state index in [2.05, 4.69) is 26.4 Å². The van der Waals surface area contributed by atoms with Crippen molar-refractivity contribution in [3.05, 3.63) is 36.2 Å². The summed E-state index contributed by atoms with van der Waals surface area (Å²) in [6.07, 6.45) is 4.52. The second kappa shape index (κ2) is 5.00. The molecule has 1 saturated carbocycles. The van der Waals surface area contributed by atoms with Crippen LogP contribution in [0.3, 0.4) is 0 Å². The molecule has 0 saturated heterocycles. The number of benzene rings is 1. The van der Waals surface area contributed by atoms with Crippen LogP contribution in [0, 0.1) is 6.92 Å². The van der Waals surface area contributed by atoms with Crippen molar-refractivity contribution >= 4 is 23.2 Å². The Kier molecular flexibility index (Phi) is 3.18. The van der Waals surface area contributed by atoms with Gasteiger partial charge in [-0.1, -0.05) is 6.07 Å². The van der Waals surface area contributed by atoms with Gasteiger partial charge in [-0.3, -0.25) is 4.79 Å². The summed E-state index contributed by atoms with van der Waals surface area (Å²) in [5.41, 5.74) is 2.71. The number of nitrogens with zero attached hydrogens (tertiary/aromatic N) is 2. The maximum absolute atomic E-state index is 11.1. The summed E-state index contributed by atoms with van der Waals surface area (Å²) in [4.78, 5) is 15.6. The summed E-state index contributed by atoms with van der Waals surface area (Å²) >= 11 is 0. The van der Waals surface area contributed by atoms with E-state index in [1.165, 1.54) is 19.8 Å². The molecule has 2 N–H and O–H groups in total. The molecule has 5 heteroatoms. The Balaban J connectivity index is 1.82. The van der Waals surface area contributed by atoms with Crippen molar-refractivity contribution in [3.63, 3.8) is 0 Å². The minimum Gasteiger partial charge on any atom is -0.326 e. The Morgan fingerprint density at radius 1 is 1.35 bits per heavy atom. The van der Waals surface area contributed by atoms with Gasteiger partial charge in [0.15, 0.2) is 0 Å². The molecule has 1 aromatic carbocycles. The molecule has 0 aliphatic heterocycles. The predicted molar refractivity (Wildman–Crippen MR) is 79.3 cm³/mol. The number of aryl methyl sites for hydroxylation is 1. The lowest BCUT2D eigenvalue weighted by Crippen LogP contribution is -2.06. The first-order chi connectivity index (χ1) is 9.61. The molecule has 1 amide bonds. The molecular weight excluding hydrogens is 252 g/mol. The molecule has 1 aromatic heterocycles. The topological polar surface area (TPSA) is 59.0 Å². The third-order valence-corrected chi connectivity index (χ3v) is 3.23. The second-order valence-corrected chi connectivity index (χ2v) is 5.23. The van der Waals surface area contributed by atoms with Crippen LogP contribution in [0.25, 0.3) is 0 Å². The van der Waals surface area contributed by atoms with Gasteiger partial charge in [0.05, 0.1) is 5.69 Å². The van der Waals surface area contributed by atoms with Crippen LogP contribution >= 0.6 is 0 Å². The molecule has 0 spiro atoms. The van der Waals surface area contributed by atoms with E-state index in [1.807, 2.05) is 31.2 Å². The number of imidazole rings is 1.